The average molecular weight is 246 g/mol. The Labute approximate surface area is 104 Å². The summed E-state index contributed by atoms with van der Waals surface area (Å²) in [5.74, 6) is 0.0775. The van der Waals surface area contributed by atoms with E-state index in [-0.39, 0.29) is 18.1 Å². The van der Waals surface area contributed by atoms with Crippen LogP contribution in [0.15, 0.2) is 0 Å². The second-order valence-electron chi connectivity index (χ2n) is 4.13. The molecular formula is C12H26N2O3. The van der Waals surface area contributed by atoms with Crippen LogP contribution in [0.1, 0.15) is 26.7 Å². The van der Waals surface area contributed by atoms with Crippen LogP contribution in [0, 0.1) is 0 Å². The van der Waals surface area contributed by atoms with Crippen molar-refractivity contribution in [3.05, 3.63) is 0 Å². The van der Waals surface area contributed by atoms with Crippen molar-refractivity contribution in [2.45, 2.75) is 38.8 Å². The molecule has 0 aromatic rings. The van der Waals surface area contributed by atoms with Crippen molar-refractivity contribution in [2.24, 2.45) is 5.73 Å². The Kier molecular flexibility index (Phi) is 9.03. The smallest absolute Gasteiger partial charge is 0.225 e. The van der Waals surface area contributed by atoms with E-state index >= 15 is 0 Å². The lowest BCUT2D eigenvalue weighted by molar-refractivity contribution is -0.136. The predicted molar refractivity (Wildman–Crippen MR) is 67.8 cm³/mol. The maximum Gasteiger partial charge on any atom is 0.225 e. The van der Waals surface area contributed by atoms with Crippen LogP contribution in [-0.4, -0.2) is 56.9 Å². The fraction of sp³-hybridized carbons (Fsp3) is 0.917. The zero-order valence-electron chi connectivity index (χ0n) is 11.4. The van der Waals surface area contributed by atoms with Crippen LogP contribution < -0.4 is 5.73 Å². The highest BCUT2D eigenvalue weighted by atomic mass is 16.5. The Morgan fingerprint density at radius 1 is 1.41 bits per heavy atom. The minimum absolute atomic E-state index is 0.0775. The van der Waals surface area contributed by atoms with Gasteiger partial charge in [-0.2, -0.15) is 0 Å². The first-order valence-corrected chi connectivity index (χ1v) is 6.11. The number of carbonyl (C=O) groups excluding carboxylic acids is 1. The molecule has 2 unspecified atom stereocenters. The zero-order valence-corrected chi connectivity index (χ0v) is 11.4. The normalized spacial score (nSPS) is 14.4. The SMILES string of the molecule is CCC(C)N(CCOC)C(=O)CC(CN)OC. The summed E-state index contributed by atoms with van der Waals surface area (Å²) in [5, 5.41) is 0. The van der Waals surface area contributed by atoms with E-state index in [0.717, 1.165) is 6.42 Å². The average Bonchev–Trinajstić information content (AvgIpc) is 2.35. The first kappa shape index (κ1) is 16.4. The molecule has 0 rings (SSSR count). The third kappa shape index (κ3) is 6.00. The standard InChI is InChI=1S/C12H26N2O3/c1-5-10(2)14(6-7-16-3)12(15)8-11(9-13)17-4/h10-11H,5-9,13H2,1-4H3. The Bertz CT molecular complexity index is 208. The van der Waals surface area contributed by atoms with Gasteiger partial charge in [0.1, 0.15) is 0 Å². The quantitative estimate of drug-likeness (QED) is 0.648. The predicted octanol–water partition coefficient (Wildman–Crippen LogP) is 0.624. The highest BCUT2D eigenvalue weighted by molar-refractivity contribution is 5.77. The van der Waals surface area contributed by atoms with Gasteiger partial charge in [0.2, 0.25) is 5.91 Å². The molecule has 0 aliphatic rings. The molecule has 2 atom stereocenters. The number of nitrogens with two attached hydrogens (primary N) is 1. The van der Waals surface area contributed by atoms with Gasteiger partial charge in [-0.1, -0.05) is 6.92 Å². The lowest BCUT2D eigenvalue weighted by Gasteiger charge is -2.29. The van der Waals surface area contributed by atoms with Gasteiger partial charge in [-0.25, -0.2) is 0 Å². The van der Waals surface area contributed by atoms with Crippen molar-refractivity contribution < 1.29 is 14.3 Å². The molecule has 0 spiro atoms. The van der Waals surface area contributed by atoms with Crippen LogP contribution in [0.4, 0.5) is 0 Å². The van der Waals surface area contributed by atoms with Crippen LogP contribution >= 0.6 is 0 Å². The summed E-state index contributed by atoms with van der Waals surface area (Å²) >= 11 is 0. The summed E-state index contributed by atoms with van der Waals surface area (Å²) in [6.07, 6.45) is 1.06. The van der Waals surface area contributed by atoms with Gasteiger partial charge < -0.3 is 20.1 Å². The van der Waals surface area contributed by atoms with E-state index in [1.807, 2.05) is 11.8 Å². The van der Waals surface area contributed by atoms with E-state index < -0.39 is 0 Å². The molecule has 102 valence electrons. The number of nitrogens with zero attached hydrogens (tertiary/aromatic N) is 1. The summed E-state index contributed by atoms with van der Waals surface area (Å²) in [4.78, 5) is 14.0. The molecule has 0 aliphatic heterocycles. The van der Waals surface area contributed by atoms with Crippen LogP contribution in [-0.2, 0) is 14.3 Å². The summed E-state index contributed by atoms with van der Waals surface area (Å²) < 4.78 is 10.2. The van der Waals surface area contributed by atoms with Gasteiger partial charge in [0.25, 0.3) is 0 Å². The van der Waals surface area contributed by atoms with Crippen molar-refractivity contribution in [3.63, 3.8) is 0 Å². The molecule has 0 saturated heterocycles. The lowest BCUT2D eigenvalue weighted by Crippen LogP contribution is -2.42. The number of amides is 1. The van der Waals surface area contributed by atoms with Crippen molar-refractivity contribution in [2.75, 3.05) is 33.9 Å². The van der Waals surface area contributed by atoms with E-state index in [1.54, 1.807) is 14.2 Å². The molecule has 5 heteroatoms. The number of methoxy groups -OCH3 is 2. The van der Waals surface area contributed by atoms with Gasteiger partial charge >= 0.3 is 0 Å². The monoisotopic (exact) mass is 246 g/mol. The lowest BCUT2D eigenvalue weighted by atomic mass is 10.1. The van der Waals surface area contributed by atoms with Gasteiger partial charge in [-0.15, -0.1) is 0 Å². The second-order valence-corrected chi connectivity index (χ2v) is 4.13. The largest absolute Gasteiger partial charge is 0.383 e. The first-order chi connectivity index (χ1) is 8.10. The Morgan fingerprint density at radius 2 is 2.06 bits per heavy atom. The van der Waals surface area contributed by atoms with E-state index in [9.17, 15) is 4.79 Å². The molecule has 0 aromatic carbocycles. The highest BCUT2D eigenvalue weighted by Gasteiger charge is 2.21. The number of ether oxygens (including phenoxy) is 2. The molecule has 5 nitrogen and oxygen atoms in total. The van der Waals surface area contributed by atoms with Crippen LogP contribution in [0.3, 0.4) is 0 Å². The fourth-order valence-corrected chi connectivity index (χ4v) is 1.58. The van der Waals surface area contributed by atoms with Crippen LogP contribution in [0.5, 0.6) is 0 Å². The molecule has 0 bridgehead atoms. The van der Waals surface area contributed by atoms with Gasteiger partial charge in [0, 0.05) is 33.4 Å². The van der Waals surface area contributed by atoms with E-state index in [1.165, 1.54) is 0 Å². The maximum atomic E-state index is 12.1. The number of hydrogen-bond acceptors (Lipinski definition) is 4. The molecular weight excluding hydrogens is 220 g/mol. The summed E-state index contributed by atoms with van der Waals surface area (Å²) in [6, 6.07) is 0.216. The van der Waals surface area contributed by atoms with Crippen molar-refractivity contribution in [1.82, 2.24) is 4.90 Å². The molecule has 0 fully saturated rings. The molecule has 1 amide bonds. The second kappa shape index (κ2) is 9.39. The van der Waals surface area contributed by atoms with Crippen LogP contribution in [0.2, 0.25) is 0 Å². The summed E-state index contributed by atoms with van der Waals surface area (Å²) in [5.41, 5.74) is 5.52. The van der Waals surface area contributed by atoms with E-state index in [2.05, 4.69) is 6.92 Å². The molecule has 0 aliphatic carbocycles. The molecule has 0 radical (unpaired) electrons. The fourth-order valence-electron chi connectivity index (χ4n) is 1.58. The van der Waals surface area contributed by atoms with E-state index in [0.29, 0.717) is 26.1 Å². The maximum absolute atomic E-state index is 12.1. The Morgan fingerprint density at radius 3 is 2.47 bits per heavy atom. The third-order valence-electron chi connectivity index (χ3n) is 2.98. The first-order valence-electron chi connectivity index (χ1n) is 6.11. The van der Waals surface area contributed by atoms with Crippen molar-refractivity contribution >= 4 is 5.91 Å². The highest BCUT2D eigenvalue weighted by Crippen LogP contribution is 2.08. The number of carbonyl (C=O) groups is 1. The van der Waals surface area contributed by atoms with Crippen LogP contribution in [0.25, 0.3) is 0 Å². The van der Waals surface area contributed by atoms with Gasteiger partial charge in [-0.05, 0) is 13.3 Å². The molecule has 2 N–H and O–H groups in total. The Hall–Kier alpha value is -0.650. The third-order valence-corrected chi connectivity index (χ3v) is 2.98. The van der Waals surface area contributed by atoms with Gasteiger partial charge in [-0.3, -0.25) is 4.79 Å². The van der Waals surface area contributed by atoms with E-state index in [4.69, 9.17) is 15.2 Å². The molecule has 0 saturated carbocycles. The minimum atomic E-state index is -0.198. The van der Waals surface area contributed by atoms with Gasteiger partial charge in [0.15, 0.2) is 0 Å². The zero-order chi connectivity index (χ0) is 13.3. The summed E-state index contributed by atoms with van der Waals surface area (Å²) in [7, 11) is 3.21. The molecule has 0 heterocycles. The van der Waals surface area contributed by atoms with Gasteiger partial charge in [0.05, 0.1) is 19.1 Å². The topological polar surface area (TPSA) is 64.8 Å². The Balaban J connectivity index is 4.40. The number of hydrogen-bond donors (Lipinski definition) is 1. The van der Waals surface area contributed by atoms with Crippen molar-refractivity contribution in [3.8, 4) is 0 Å². The molecule has 17 heavy (non-hydrogen) atoms. The van der Waals surface area contributed by atoms with Crippen molar-refractivity contribution in [1.29, 1.82) is 0 Å². The number of rotatable bonds is 9. The minimum Gasteiger partial charge on any atom is -0.383 e. The summed E-state index contributed by atoms with van der Waals surface area (Å²) in [6.45, 7) is 5.63. The molecule has 0 aromatic heterocycles.